The fraction of sp³-hybridized carbons (Fsp3) is 0. The van der Waals surface area contributed by atoms with E-state index < -0.39 is 0 Å². The van der Waals surface area contributed by atoms with Crippen molar-refractivity contribution >= 4 is 10.9 Å². The van der Waals surface area contributed by atoms with E-state index in [-0.39, 0.29) is 5.82 Å². The molecule has 0 unspecified atom stereocenters. The van der Waals surface area contributed by atoms with Crippen LogP contribution in [0.3, 0.4) is 0 Å². The zero-order chi connectivity index (χ0) is 14.9. The van der Waals surface area contributed by atoms with Crippen molar-refractivity contribution in [2.24, 2.45) is 0 Å². The van der Waals surface area contributed by atoms with Crippen molar-refractivity contribution in [3.8, 4) is 16.8 Å². The number of pyridine rings is 1. The molecular formula is C19H13FN2. The standard InChI is InChI=1S/C19H13FN2/c20-17-4-1-3-14(12-17)15-6-7-19-16(11-15)8-10-22(19)18-5-2-9-21-13-18/h1-13H. The average molecular weight is 288 g/mol. The molecule has 0 fully saturated rings. The van der Waals surface area contributed by atoms with Crippen LogP contribution in [-0.4, -0.2) is 9.55 Å². The number of nitrogens with zero attached hydrogens (tertiary/aromatic N) is 2. The molecule has 106 valence electrons. The summed E-state index contributed by atoms with van der Waals surface area (Å²) in [6, 6.07) is 18.8. The normalized spacial score (nSPS) is 11.0. The summed E-state index contributed by atoms with van der Waals surface area (Å²) in [4.78, 5) is 4.16. The maximum absolute atomic E-state index is 13.4. The molecule has 0 aliphatic rings. The molecule has 2 aromatic heterocycles. The molecule has 22 heavy (non-hydrogen) atoms. The van der Waals surface area contributed by atoms with E-state index in [1.54, 1.807) is 18.3 Å². The van der Waals surface area contributed by atoms with Crippen molar-refractivity contribution in [2.75, 3.05) is 0 Å². The molecule has 3 heteroatoms. The van der Waals surface area contributed by atoms with Gasteiger partial charge in [0.25, 0.3) is 0 Å². The quantitative estimate of drug-likeness (QED) is 0.516. The van der Waals surface area contributed by atoms with Gasteiger partial charge in [-0.1, -0.05) is 18.2 Å². The lowest BCUT2D eigenvalue weighted by molar-refractivity contribution is 0.628. The molecule has 0 saturated heterocycles. The number of hydrogen-bond donors (Lipinski definition) is 0. The molecule has 0 amide bonds. The van der Waals surface area contributed by atoms with E-state index in [0.717, 1.165) is 27.7 Å². The first-order valence-electron chi connectivity index (χ1n) is 7.09. The van der Waals surface area contributed by atoms with E-state index in [1.165, 1.54) is 6.07 Å². The third kappa shape index (κ3) is 2.17. The third-order valence-corrected chi connectivity index (χ3v) is 3.77. The molecule has 4 rings (SSSR count). The number of fused-ring (bicyclic) bond motifs is 1. The van der Waals surface area contributed by atoms with Gasteiger partial charge in [-0.05, 0) is 53.6 Å². The van der Waals surface area contributed by atoms with E-state index in [1.807, 2.05) is 36.7 Å². The van der Waals surface area contributed by atoms with Crippen LogP contribution in [-0.2, 0) is 0 Å². The summed E-state index contributed by atoms with van der Waals surface area (Å²) >= 11 is 0. The molecular weight excluding hydrogens is 275 g/mol. The van der Waals surface area contributed by atoms with Gasteiger partial charge in [-0.3, -0.25) is 4.98 Å². The second-order valence-corrected chi connectivity index (χ2v) is 5.18. The summed E-state index contributed by atoms with van der Waals surface area (Å²) in [7, 11) is 0. The fourth-order valence-corrected chi connectivity index (χ4v) is 2.71. The first kappa shape index (κ1) is 12.8. The predicted molar refractivity (Wildman–Crippen MR) is 86.5 cm³/mol. The minimum Gasteiger partial charge on any atom is -0.315 e. The lowest BCUT2D eigenvalue weighted by atomic mass is 10.0. The molecule has 2 nitrogen and oxygen atoms in total. The largest absolute Gasteiger partial charge is 0.315 e. The van der Waals surface area contributed by atoms with Gasteiger partial charge in [-0.2, -0.15) is 0 Å². The fourth-order valence-electron chi connectivity index (χ4n) is 2.71. The van der Waals surface area contributed by atoms with Crippen molar-refractivity contribution in [3.05, 3.63) is 85.1 Å². The summed E-state index contributed by atoms with van der Waals surface area (Å²) in [5, 5.41) is 1.12. The highest BCUT2D eigenvalue weighted by Crippen LogP contribution is 2.27. The van der Waals surface area contributed by atoms with E-state index in [2.05, 4.69) is 27.8 Å². The minimum atomic E-state index is -0.217. The number of aromatic nitrogens is 2. The first-order chi connectivity index (χ1) is 10.8. The molecule has 0 bridgehead atoms. The van der Waals surface area contributed by atoms with Gasteiger partial charge in [0.05, 0.1) is 17.4 Å². The molecule has 0 aliphatic carbocycles. The van der Waals surface area contributed by atoms with Crippen molar-refractivity contribution in [3.63, 3.8) is 0 Å². The van der Waals surface area contributed by atoms with Crippen LogP contribution < -0.4 is 0 Å². The minimum absolute atomic E-state index is 0.217. The van der Waals surface area contributed by atoms with Gasteiger partial charge in [-0.15, -0.1) is 0 Å². The number of rotatable bonds is 2. The van der Waals surface area contributed by atoms with Gasteiger partial charge >= 0.3 is 0 Å². The van der Waals surface area contributed by atoms with Gasteiger partial charge in [-0.25, -0.2) is 4.39 Å². The first-order valence-corrected chi connectivity index (χ1v) is 7.09. The summed E-state index contributed by atoms with van der Waals surface area (Å²) < 4.78 is 15.5. The molecule has 0 saturated carbocycles. The Hall–Kier alpha value is -2.94. The molecule has 2 aromatic carbocycles. The van der Waals surface area contributed by atoms with Crippen LogP contribution >= 0.6 is 0 Å². The Balaban J connectivity index is 1.84. The molecule has 0 radical (unpaired) electrons. The molecule has 0 atom stereocenters. The van der Waals surface area contributed by atoms with Crippen LogP contribution in [0.2, 0.25) is 0 Å². The number of halogens is 1. The van der Waals surface area contributed by atoms with Crippen molar-refractivity contribution < 1.29 is 4.39 Å². The van der Waals surface area contributed by atoms with Crippen LogP contribution in [0.25, 0.3) is 27.7 Å². The van der Waals surface area contributed by atoms with E-state index in [0.29, 0.717) is 0 Å². The maximum Gasteiger partial charge on any atom is 0.123 e. The lowest BCUT2D eigenvalue weighted by Crippen LogP contribution is -1.91. The van der Waals surface area contributed by atoms with Crippen molar-refractivity contribution in [2.45, 2.75) is 0 Å². The smallest absolute Gasteiger partial charge is 0.123 e. The van der Waals surface area contributed by atoms with Gasteiger partial charge in [0.15, 0.2) is 0 Å². The van der Waals surface area contributed by atoms with Gasteiger partial charge in [0.2, 0.25) is 0 Å². The molecule has 4 aromatic rings. The predicted octanol–water partition coefficient (Wildman–Crippen LogP) is 4.83. The second-order valence-electron chi connectivity index (χ2n) is 5.18. The van der Waals surface area contributed by atoms with Crippen molar-refractivity contribution in [1.29, 1.82) is 0 Å². The highest BCUT2D eigenvalue weighted by molar-refractivity contribution is 5.86. The van der Waals surface area contributed by atoms with Crippen LogP contribution in [0.1, 0.15) is 0 Å². The van der Waals surface area contributed by atoms with Gasteiger partial charge in [0, 0.05) is 17.8 Å². The number of hydrogen-bond acceptors (Lipinski definition) is 1. The summed E-state index contributed by atoms with van der Waals surface area (Å²) in [6.07, 6.45) is 5.62. The molecule has 0 aliphatic heterocycles. The van der Waals surface area contributed by atoms with Crippen LogP contribution in [0.4, 0.5) is 4.39 Å². The summed E-state index contributed by atoms with van der Waals surface area (Å²) in [5.74, 6) is -0.217. The lowest BCUT2D eigenvalue weighted by Gasteiger charge is -2.06. The Morgan fingerprint density at radius 2 is 1.77 bits per heavy atom. The highest BCUT2D eigenvalue weighted by atomic mass is 19.1. The van der Waals surface area contributed by atoms with Crippen LogP contribution in [0, 0.1) is 5.82 Å². The van der Waals surface area contributed by atoms with E-state index in [9.17, 15) is 4.39 Å². The zero-order valence-electron chi connectivity index (χ0n) is 11.8. The summed E-state index contributed by atoms with van der Waals surface area (Å²) in [5.41, 5.74) is 4.02. The van der Waals surface area contributed by atoms with E-state index >= 15 is 0 Å². The third-order valence-electron chi connectivity index (χ3n) is 3.77. The molecule has 0 N–H and O–H groups in total. The van der Waals surface area contributed by atoms with Gasteiger partial charge in [0.1, 0.15) is 5.82 Å². The monoisotopic (exact) mass is 288 g/mol. The summed E-state index contributed by atoms with van der Waals surface area (Å²) in [6.45, 7) is 0. The highest BCUT2D eigenvalue weighted by Gasteiger charge is 2.06. The topological polar surface area (TPSA) is 17.8 Å². The Kier molecular flexibility index (Phi) is 2.97. The molecule has 0 spiro atoms. The molecule has 2 heterocycles. The van der Waals surface area contributed by atoms with Crippen molar-refractivity contribution in [1.82, 2.24) is 9.55 Å². The Morgan fingerprint density at radius 3 is 2.59 bits per heavy atom. The Morgan fingerprint density at radius 1 is 0.864 bits per heavy atom. The Labute approximate surface area is 127 Å². The Bertz CT molecular complexity index is 942. The second kappa shape index (κ2) is 5.11. The van der Waals surface area contributed by atoms with Crippen LogP contribution in [0.5, 0.6) is 0 Å². The van der Waals surface area contributed by atoms with Crippen LogP contribution in [0.15, 0.2) is 79.3 Å². The van der Waals surface area contributed by atoms with E-state index in [4.69, 9.17) is 0 Å². The average Bonchev–Trinajstić information content (AvgIpc) is 2.99. The SMILES string of the molecule is Fc1cccc(-c2ccc3c(ccn3-c3cccnc3)c2)c1. The zero-order valence-corrected chi connectivity index (χ0v) is 11.8. The van der Waals surface area contributed by atoms with Gasteiger partial charge < -0.3 is 4.57 Å². The maximum atomic E-state index is 13.4. The number of benzene rings is 2.